The Morgan fingerprint density at radius 2 is 2.28 bits per heavy atom. The molecule has 0 spiro atoms. The number of piperidine rings is 1. The molecule has 0 bridgehead atoms. The summed E-state index contributed by atoms with van der Waals surface area (Å²) in [6, 6.07) is 2.65. The lowest BCUT2D eigenvalue weighted by Crippen LogP contribution is -2.48. The maximum atomic E-state index is 5.92. The van der Waals surface area contributed by atoms with Crippen LogP contribution in [0.1, 0.15) is 32.4 Å². The molecule has 2 atom stereocenters. The Labute approximate surface area is 116 Å². The molecular formula is C13H25ClN4. The average Bonchev–Trinajstić information content (AvgIpc) is 2.77. The predicted molar refractivity (Wildman–Crippen MR) is 76.8 cm³/mol. The molecule has 1 fully saturated rings. The first-order chi connectivity index (χ1) is 8.26. The maximum absolute atomic E-state index is 5.92. The molecular weight excluding hydrogens is 248 g/mol. The van der Waals surface area contributed by atoms with E-state index in [1.165, 1.54) is 25.1 Å². The van der Waals surface area contributed by atoms with E-state index in [1.54, 1.807) is 0 Å². The van der Waals surface area contributed by atoms with Crippen LogP contribution in [-0.4, -0.2) is 33.8 Å². The van der Waals surface area contributed by atoms with E-state index >= 15 is 0 Å². The highest BCUT2D eigenvalue weighted by molar-refractivity contribution is 5.85. The molecule has 5 heteroatoms. The Morgan fingerprint density at radius 1 is 1.50 bits per heavy atom. The van der Waals surface area contributed by atoms with Crippen LogP contribution >= 0.6 is 12.4 Å². The second kappa shape index (κ2) is 7.12. The van der Waals surface area contributed by atoms with Gasteiger partial charge in [0.2, 0.25) is 0 Å². The number of hydrogen-bond acceptors (Lipinski definition) is 3. The van der Waals surface area contributed by atoms with Gasteiger partial charge in [0.25, 0.3) is 0 Å². The third kappa shape index (κ3) is 3.25. The van der Waals surface area contributed by atoms with Gasteiger partial charge in [-0.1, -0.05) is 6.92 Å². The lowest BCUT2D eigenvalue weighted by Gasteiger charge is -2.39. The SMILES string of the molecule is CCn1nccc1CN1CCCC(C)C1CN.Cl. The first-order valence-corrected chi connectivity index (χ1v) is 6.71. The molecule has 2 rings (SSSR count). The molecule has 104 valence electrons. The molecule has 0 amide bonds. The van der Waals surface area contributed by atoms with E-state index in [9.17, 15) is 0 Å². The van der Waals surface area contributed by atoms with Crippen molar-refractivity contribution >= 4 is 12.4 Å². The second-order valence-corrected chi connectivity index (χ2v) is 5.03. The summed E-state index contributed by atoms with van der Waals surface area (Å²) in [5, 5.41) is 4.33. The molecule has 2 N–H and O–H groups in total. The van der Waals surface area contributed by atoms with Gasteiger partial charge in [0.15, 0.2) is 0 Å². The summed E-state index contributed by atoms with van der Waals surface area (Å²) in [4.78, 5) is 2.53. The van der Waals surface area contributed by atoms with Crippen molar-refractivity contribution in [1.29, 1.82) is 0 Å². The quantitative estimate of drug-likeness (QED) is 0.911. The van der Waals surface area contributed by atoms with Crippen LogP contribution in [0.3, 0.4) is 0 Å². The Hall–Kier alpha value is -0.580. The third-order valence-corrected chi connectivity index (χ3v) is 3.94. The van der Waals surface area contributed by atoms with Crippen LogP contribution in [0.15, 0.2) is 12.3 Å². The summed E-state index contributed by atoms with van der Waals surface area (Å²) in [6.45, 7) is 8.32. The summed E-state index contributed by atoms with van der Waals surface area (Å²) < 4.78 is 2.08. The van der Waals surface area contributed by atoms with Gasteiger partial charge in [-0.2, -0.15) is 5.10 Å². The molecule has 0 aliphatic carbocycles. The molecule has 2 heterocycles. The highest BCUT2D eigenvalue weighted by atomic mass is 35.5. The zero-order valence-corrected chi connectivity index (χ0v) is 12.2. The number of rotatable bonds is 4. The molecule has 1 aliphatic heterocycles. The monoisotopic (exact) mass is 272 g/mol. The number of aryl methyl sites for hydroxylation is 1. The molecule has 2 unspecified atom stereocenters. The summed E-state index contributed by atoms with van der Waals surface area (Å²) in [5.41, 5.74) is 7.23. The van der Waals surface area contributed by atoms with Crippen molar-refractivity contribution in [3.05, 3.63) is 18.0 Å². The van der Waals surface area contributed by atoms with Gasteiger partial charge >= 0.3 is 0 Å². The van der Waals surface area contributed by atoms with E-state index in [4.69, 9.17) is 5.73 Å². The first kappa shape index (κ1) is 15.5. The number of halogens is 1. The van der Waals surface area contributed by atoms with Gasteiger partial charge in [-0.25, -0.2) is 0 Å². The fourth-order valence-electron chi connectivity index (χ4n) is 2.90. The van der Waals surface area contributed by atoms with Crippen LogP contribution in [0.4, 0.5) is 0 Å². The van der Waals surface area contributed by atoms with E-state index in [-0.39, 0.29) is 12.4 Å². The minimum absolute atomic E-state index is 0. The molecule has 0 saturated carbocycles. The van der Waals surface area contributed by atoms with Crippen LogP contribution in [0.5, 0.6) is 0 Å². The molecule has 1 aromatic rings. The van der Waals surface area contributed by atoms with Crippen molar-refractivity contribution < 1.29 is 0 Å². The highest BCUT2D eigenvalue weighted by Gasteiger charge is 2.27. The summed E-state index contributed by atoms with van der Waals surface area (Å²) >= 11 is 0. The zero-order valence-electron chi connectivity index (χ0n) is 11.4. The lowest BCUT2D eigenvalue weighted by molar-refractivity contribution is 0.0962. The van der Waals surface area contributed by atoms with Crippen molar-refractivity contribution in [2.24, 2.45) is 11.7 Å². The van der Waals surface area contributed by atoms with E-state index in [1.807, 2.05) is 6.20 Å². The first-order valence-electron chi connectivity index (χ1n) is 6.71. The summed E-state index contributed by atoms with van der Waals surface area (Å²) in [6.07, 6.45) is 4.49. The summed E-state index contributed by atoms with van der Waals surface area (Å²) in [5.74, 6) is 0.715. The van der Waals surface area contributed by atoms with Crippen molar-refractivity contribution in [1.82, 2.24) is 14.7 Å². The predicted octanol–water partition coefficient (Wildman–Crippen LogP) is 1.88. The van der Waals surface area contributed by atoms with Gasteiger partial charge in [0.05, 0.1) is 5.69 Å². The molecule has 1 saturated heterocycles. The average molecular weight is 273 g/mol. The van der Waals surface area contributed by atoms with Crippen molar-refractivity contribution in [2.45, 2.75) is 45.8 Å². The van der Waals surface area contributed by atoms with E-state index in [0.717, 1.165) is 19.6 Å². The fraction of sp³-hybridized carbons (Fsp3) is 0.769. The Balaban J connectivity index is 0.00000162. The molecule has 0 radical (unpaired) electrons. The minimum atomic E-state index is 0. The van der Waals surface area contributed by atoms with Gasteiger partial charge < -0.3 is 5.73 Å². The number of hydrogen-bond donors (Lipinski definition) is 1. The van der Waals surface area contributed by atoms with Crippen molar-refractivity contribution in [3.63, 3.8) is 0 Å². The van der Waals surface area contributed by atoms with Gasteiger partial charge in [-0.05, 0) is 38.3 Å². The van der Waals surface area contributed by atoms with Crippen molar-refractivity contribution in [3.8, 4) is 0 Å². The van der Waals surface area contributed by atoms with Crippen LogP contribution < -0.4 is 5.73 Å². The van der Waals surface area contributed by atoms with Crippen molar-refractivity contribution in [2.75, 3.05) is 13.1 Å². The number of aromatic nitrogens is 2. The molecule has 1 aliphatic rings. The number of likely N-dealkylation sites (tertiary alicyclic amines) is 1. The Kier molecular flexibility index (Phi) is 6.12. The van der Waals surface area contributed by atoms with Gasteiger partial charge in [0.1, 0.15) is 0 Å². The molecule has 4 nitrogen and oxygen atoms in total. The zero-order chi connectivity index (χ0) is 12.3. The Bertz CT molecular complexity index is 353. The third-order valence-electron chi connectivity index (χ3n) is 3.94. The van der Waals surface area contributed by atoms with Crippen LogP contribution in [0.25, 0.3) is 0 Å². The second-order valence-electron chi connectivity index (χ2n) is 5.03. The van der Waals surface area contributed by atoms with Crippen LogP contribution in [-0.2, 0) is 13.1 Å². The molecule has 1 aromatic heterocycles. The number of nitrogens with two attached hydrogens (primary N) is 1. The van der Waals surface area contributed by atoms with Crippen LogP contribution in [0, 0.1) is 5.92 Å². The fourth-order valence-corrected chi connectivity index (χ4v) is 2.90. The summed E-state index contributed by atoms with van der Waals surface area (Å²) in [7, 11) is 0. The van der Waals surface area contributed by atoms with Gasteiger partial charge in [-0.15, -0.1) is 12.4 Å². The van der Waals surface area contributed by atoms with E-state index < -0.39 is 0 Å². The lowest BCUT2D eigenvalue weighted by atomic mass is 9.90. The Morgan fingerprint density at radius 3 is 2.94 bits per heavy atom. The maximum Gasteiger partial charge on any atom is 0.0524 e. The molecule has 18 heavy (non-hydrogen) atoms. The van der Waals surface area contributed by atoms with Gasteiger partial charge in [-0.3, -0.25) is 9.58 Å². The van der Waals surface area contributed by atoms with Crippen LogP contribution in [0.2, 0.25) is 0 Å². The van der Waals surface area contributed by atoms with Gasteiger partial charge in [0, 0.05) is 31.9 Å². The molecule has 0 aromatic carbocycles. The highest BCUT2D eigenvalue weighted by Crippen LogP contribution is 2.24. The van der Waals surface area contributed by atoms with E-state index in [0.29, 0.717) is 12.0 Å². The smallest absolute Gasteiger partial charge is 0.0524 e. The van der Waals surface area contributed by atoms with E-state index in [2.05, 4.69) is 34.6 Å². The standard InChI is InChI=1S/C13H24N4.ClH/c1-3-17-12(6-7-15-17)10-16-8-4-5-11(2)13(16)9-14;/h6-7,11,13H,3-5,8-10,14H2,1-2H3;1H. The number of nitrogens with zero attached hydrogens (tertiary/aromatic N) is 3. The largest absolute Gasteiger partial charge is 0.329 e. The normalized spacial score (nSPS) is 24.8. The minimum Gasteiger partial charge on any atom is -0.329 e. The topological polar surface area (TPSA) is 47.1 Å².